The number of alkyl halides is 6. The first-order valence-corrected chi connectivity index (χ1v) is 9.72. The molecule has 0 fully saturated rings. The van der Waals surface area contributed by atoms with Gasteiger partial charge in [0.05, 0.1) is 15.9 Å². The predicted octanol–water partition coefficient (Wildman–Crippen LogP) is 6.96. The number of fused-ring (bicyclic) bond motifs is 1. The van der Waals surface area contributed by atoms with Crippen LogP contribution < -0.4 is 0 Å². The molecule has 0 bridgehead atoms. The summed E-state index contributed by atoms with van der Waals surface area (Å²) in [7, 11) is 0. The predicted molar refractivity (Wildman–Crippen MR) is 101 cm³/mol. The third-order valence-electron chi connectivity index (χ3n) is 4.44. The fourth-order valence-electron chi connectivity index (χ4n) is 3.30. The molecule has 2 heterocycles. The maximum atomic E-state index is 12.8. The number of hydrogen-bond donors (Lipinski definition) is 0. The van der Waals surface area contributed by atoms with Crippen molar-refractivity contribution in [2.24, 2.45) is 0 Å². The molecule has 9 heteroatoms. The number of thiophene rings is 1. The Hall–Kier alpha value is -2.16. The van der Waals surface area contributed by atoms with Crippen LogP contribution in [0, 0.1) is 13.8 Å². The molecule has 0 atom stereocenters. The molecule has 0 aliphatic rings. The molecule has 156 valence electrons. The molecule has 0 radical (unpaired) electrons. The molecule has 0 unspecified atom stereocenters. The van der Waals surface area contributed by atoms with Crippen LogP contribution in [0.2, 0.25) is 0 Å². The van der Waals surface area contributed by atoms with E-state index in [9.17, 15) is 26.3 Å². The van der Waals surface area contributed by atoms with Crippen molar-refractivity contribution in [3.63, 3.8) is 0 Å². The van der Waals surface area contributed by atoms with Crippen LogP contribution in [0.3, 0.4) is 0 Å². The van der Waals surface area contributed by atoms with Crippen molar-refractivity contribution >= 4 is 21.6 Å². The molecule has 2 aromatic heterocycles. The summed E-state index contributed by atoms with van der Waals surface area (Å²) in [6.07, 6.45) is -10.5. The largest absolute Gasteiger partial charge is 0.389 e. The van der Waals surface area contributed by atoms with Gasteiger partial charge in [-0.05, 0) is 44.4 Å². The summed E-state index contributed by atoms with van der Waals surface area (Å²) in [6, 6.07) is 5.75. The second-order valence-electron chi connectivity index (χ2n) is 7.01. The molecule has 29 heavy (non-hydrogen) atoms. The smallest absolute Gasteiger partial charge is 0.235 e. The highest BCUT2D eigenvalue weighted by Gasteiger charge is 2.31. The van der Waals surface area contributed by atoms with Gasteiger partial charge in [-0.15, -0.1) is 11.3 Å². The summed E-state index contributed by atoms with van der Waals surface area (Å²) in [5, 5.41) is 0. The number of hydrogen-bond acceptors (Lipinski definition) is 3. The van der Waals surface area contributed by atoms with Crippen molar-refractivity contribution in [1.82, 2.24) is 9.97 Å². The summed E-state index contributed by atoms with van der Waals surface area (Å²) in [5.74, 6) is 0. The Morgan fingerprint density at radius 1 is 0.828 bits per heavy atom. The first-order valence-electron chi connectivity index (χ1n) is 8.90. The van der Waals surface area contributed by atoms with Crippen molar-refractivity contribution in [1.29, 1.82) is 0 Å². The number of halogens is 6. The van der Waals surface area contributed by atoms with Crippen LogP contribution in [0.1, 0.15) is 34.4 Å². The summed E-state index contributed by atoms with van der Waals surface area (Å²) >= 11 is 1.06. The Kier molecular flexibility index (Phi) is 5.89. The fraction of sp³-hybridized carbons (Fsp3) is 0.400. The monoisotopic (exact) mass is 432 g/mol. The third-order valence-corrected chi connectivity index (χ3v) is 5.73. The molecule has 0 saturated heterocycles. The molecule has 2 nitrogen and oxygen atoms in total. The Morgan fingerprint density at radius 3 is 2.00 bits per heavy atom. The Morgan fingerprint density at radius 2 is 1.41 bits per heavy atom. The van der Waals surface area contributed by atoms with Crippen molar-refractivity contribution in [2.45, 2.75) is 51.9 Å². The standard InChI is InChI=1S/C20H18F6N2S/c1-11-7-12(2)9-13(8-11)16-18-17(28-10-27-16)14(3-5-19(21,22)23)15(29-18)4-6-20(24,25)26/h7-10H,3-6H2,1-2H3. The molecule has 1 aromatic carbocycles. The van der Waals surface area contributed by atoms with Crippen molar-refractivity contribution in [2.75, 3.05) is 0 Å². The van der Waals surface area contributed by atoms with E-state index in [4.69, 9.17) is 0 Å². The minimum atomic E-state index is -4.40. The Labute approximate surface area is 167 Å². The lowest BCUT2D eigenvalue weighted by Gasteiger charge is -2.09. The second kappa shape index (κ2) is 7.93. The zero-order valence-corrected chi connectivity index (χ0v) is 16.5. The normalized spacial score (nSPS) is 12.7. The molecule has 0 spiro atoms. The van der Waals surface area contributed by atoms with Gasteiger partial charge < -0.3 is 0 Å². The minimum Gasteiger partial charge on any atom is -0.235 e. The number of nitrogens with zero attached hydrogens (tertiary/aromatic N) is 2. The minimum absolute atomic E-state index is 0.236. The summed E-state index contributed by atoms with van der Waals surface area (Å²) in [4.78, 5) is 8.70. The lowest BCUT2D eigenvalue weighted by molar-refractivity contribution is -0.135. The molecule has 0 amide bonds. The van der Waals surface area contributed by atoms with Gasteiger partial charge in [-0.1, -0.05) is 17.2 Å². The van der Waals surface area contributed by atoms with Crippen LogP contribution in [0.25, 0.3) is 21.5 Å². The molecule has 3 aromatic rings. The average Bonchev–Trinajstić information content (AvgIpc) is 2.93. The molecular weight excluding hydrogens is 414 g/mol. The van der Waals surface area contributed by atoms with E-state index in [-0.39, 0.29) is 16.9 Å². The van der Waals surface area contributed by atoms with Gasteiger partial charge in [-0.25, -0.2) is 9.97 Å². The second-order valence-corrected chi connectivity index (χ2v) is 8.12. The molecular formula is C20H18F6N2S. The van der Waals surface area contributed by atoms with Gasteiger partial charge in [0.1, 0.15) is 6.33 Å². The average molecular weight is 432 g/mol. The molecule has 3 rings (SSSR count). The maximum absolute atomic E-state index is 12.8. The van der Waals surface area contributed by atoms with Gasteiger partial charge in [-0.2, -0.15) is 26.3 Å². The maximum Gasteiger partial charge on any atom is 0.389 e. The Bertz CT molecular complexity index is 1000. The van der Waals surface area contributed by atoms with E-state index in [1.54, 1.807) is 0 Å². The van der Waals surface area contributed by atoms with Gasteiger partial charge in [0.25, 0.3) is 0 Å². The van der Waals surface area contributed by atoms with Gasteiger partial charge >= 0.3 is 12.4 Å². The highest BCUT2D eigenvalue weighted by Crippen LogP contribution is 2.39. The highest BCUT2D eigenvalue weighted by molar-refractivity contribution is 7.19. The third kappa shape index (κ3) is 5.46. The first kappa shape index (κ1) is 21.5. The van der Waals surface area contributed by atoms with Crippen LogP contribution in [-0.2, 0) is 12.8 Å². The number of aryl methyl sites for hydroxylation is 4. The number of benzene rings is 1. The van der Waals surface area contributed by atoms with E-state index in [0.29, 0.717) is 15.9 Å². The highest BCUT2D eigenvalue weighted by atomic mass is 32.1. The zero-order valence-electron chi connectivity index (χ0n) is 15.7. The van der Waals surface area contributed by atoms with Gasteiger partial charge in [0.15, 0.2) is 0 Å². The first-order chi connectivity index (χ1) is 13.4. The van der Waals surface area contributed by atoms with Crippen molar-refractivity contribution in [3.05, 3.63) is 46.1 Å². The zero-order chi connectivity index (χ0) is 21.4. The van der Waals surface area contributed by atoms with Gasteiger partial charge in [0.2, 0.25) is 0 Å². The van der Waals surface area contributed by atoms with Crippen molar-refractivity contribution in [3.8, 4) is 11.3 Å². The van der Waals surface area contributed by atoms with E-state index < -0.39 is 31.6 Å². The van der Waals surface area contributed by atoms with Crippen LogP contribution in [-0.4, -0.2) is 22.3 Å². The molecule has 0 N–H and O–H groups in total. The van der Waals surface area contributed by atoms with Gasteiger partial charge in [0, 0.05) is 23.3 Å². The number of aromatic nitrogens is 2. The fourth-order valence-corrected chi connectivity index (χ4v) is 4.61. The lowest BCUT2D eigenvalue weighted by Crippen LogP contribution is -2.11. The topological polar surface area (TPSA) is 25.8 Å². The quantitative estimate of drug-likeness (QED) is 0.407. The van der Waals surface area contributed by atoms with Crippen molar-refractivity contribution < 1.29 is 26.3 Å². The Balaban J connectivity index is 2.12. The van der Waals surface area contributed by atoms with E-state index in [1.165, 1.54) is 6.33 Å². The summed E-state index contributed by atoms with van der Waals surface area (Å²) in [5.41, 5.74) is 3.80. The van der Waals surface area contributed by atoms with Crippen LogP contribution in [0.15, 0.2) is 24.5 Å². The van der Waals surface area contributed by atoms with E-state index in [2.05, 4.69) is 9.97 Å². The summed E-state index contributed by atoms with van der Waals surface area (Å²) < 4.78 is 77.1. The van der Waals surface area contributed by atoms with E-state index >= 15 is 0 Å². The molecule has 0 aliphatic heterocycles. The van der Waals surface area contributed by atoms with Crippen LogP contribution in [0.5, 0.6) is 0 Å². The summed E-state index contributed by atoms with van der Waals surface area (Å²) in [6.45, 7) is 3.82. The van der Waals surface area contributed by atoms with Crippen LogP contribution in [0.4, 0.5) is 26.3 Å². The lowest BCUT2D eigenvalue weighted by atomic mass is 10.0. The van der Waals surface area contributed by atoms with Crippen LogP contribution >= 0.6 is 11.3 Å². The SMILES string of the molecule is Cc1cc(C)cc(-c2ncnc3c(CCC(F)(F)F)c(CCC(F)(F)F)sc23)c1. The molecule has 0 saturated carbocycles. The number of rotatable bonds is 5. The molecule has 0 aliphatic carbocycles. The van der Waals surface area contributed by atoms with Gasteiger partial charge in [-0.3, -0.25) is 0 Å². The van der Waals surface area contributed by atoms with E-state index in [1.807, 2.05) is 32.0 Å². The van der Waals surface area contributed by atoms with E-state index in [0.717, 1.165) is 28.0 Å².